The van der Waals surface area contributed by atoms with Crippen molar-refractivity contribution >= 4 is 22.8 Å². The summed E-state index contributed by atoms with van der Waals surface area (Å²) in [5.41, 5.74) is 0. The monoisotopic (exact) mass is 376 g/mol. The number of ether oxygens (including phenoxy) is 1. The summed E-state index contributed by atoms with van der Waals surface area (Å²) < 4.78 is 16.0. The van der Waals surface area contributed by atoms with E-state index >= 15 is 0 Å². The van der Waals surface area contributed by atoms with Crippen LogP contribution in [-0.2, 0) is 4.74 Å². The van der Waals surface area contributed by atoms with Crippen LogP contribution in [0.3, 0.4) is 0 Å². The molecule has 0 saturated carbocycles. The van der Waals surface area contributed by atoms with Crippen molar-refractivity contribution in [3.8, 4) is 0 Å². The standard InChI is InChI=1S/C18H20N2O5S/c21-15(11-5-9-23-10-6-11)16-14(12-3-1-7-24-12)19-18(26-16)20-17(22)13-4-2-8-25-13/h1-4,7-8,11,14-16,21H,5-6,9-10H2,(H,19,20,22). The Kier molecular flexibility index (Phi) is 5.14. The van der Waals surface area contributed by atoms with Crippen LogP contribution < -0.4 is 5.32 Å². The molecule has 0 aromatic carbocycles. The van der Waals surface area contributed by atoms with Crippen molar-refractivity contribution < 1.29 is 23.5 Å². The summed E-state index contributed by atoms with van der Waals surface area (Å²) in [5.74, 6) is 0.682. The Morgan fingerprint density at radius 2 is 2.00 bits per heavy atom. The van der Waals surface area contributed by atoms with Crippen LogP contribution in [0.15, 0.2) is 50.6 Å². The minimum absolute atomic E-state index is 0.147. The van der Waals surface area contributed by atoms with Gasteiger partial charge in [-0.2, -0.15) is 0 Å². The first-order valence-corrected chi connectivity index (χ1v) is 9.49. The number of nitrogens with one attached hydrogen (secondary N) is 1. The lowest BCUT2D eigenvalue weighted by Crippen LogP contribution is -2.37. The van der Waals surface area contributed by atoms with Gasteiger partial charge in [0.25, 0.3) is 5.91 Å². The Labute approximate surface area is 154 Å². The summed E-state index contributed by atoms with van der Waals surface area (Å²) in [7, 11) is 0. The number of nitrogens with zero attached hydrogens (tertiary/aromatic N) is 1. The number of aliphatic imine (C=N–C) groups is 1. The number of hydrogen-bond acceptors (Lipinski definition) is 7. The lowest BCUT2D eigenvalue weighted by atomic mass is 9.89. The number of thioether (sulfide) groups is 1. The molecule has 1 amide bonds. The quantitative estimate of drug-likeness (QED) is 0.851. The smallest absolute Gasteiger partial charge is 0.292 e. The maximum absolute atomic E-state index is 12.2. The van der Waals surface area contributed by atoms with Gasteiger partial charge in [-0.1, -0.05) is 11.8 Å². The van der Waals surface area contributed by atoms with Crippen LogP contribution in [0.2, 0.25) is 0 Å². The van der Waals surface area contributed by atoms with Crippen LogP contribution in [0.4, 0.5) is 0 Å². The van der Waals surface area contributed by atoms with Crippen molar-refractivity contribution in [2.45, 2.75) is 30.2 Å². The predicted octanol–water partition coefficient (Wildman–Crippen LogP) is 2.60. The van der Waals surface area contributed by atoms with E-state index in [-0.39, 0.29) is 28.9 Å². The average molecular weight is 376 g/mol. The number of carbonyl (C=O) groups is 1. The van der Waals surface area contributed by atoms with E-state index in [4.69, 9.17) is 13.6 Å². The molecule has 2 aliphatic rings. The first kappa shape index (κ1) is 17.4. The van der Waals surface area contributed by atoms with E-state index in [1.807, 2.05) is 6.07 Å². The minimum Gasteiger partial charge on any atom is -0.467 e. The second kappa shape index (κ2) is 7.69. The molecule has 2 aromatic heterocycles. The van der Waals surface area contributed by atoms with Gasteiger partial charge in [0.1, 0.15) is 11.8 Å². The Balaban J connectivity index is 1.51. The van der Waals surface area contributed by atoms with Crippen LogP contribution in [0.5, 0.6) is 0 Å². The number of hydrogen-bond donors (Lipinski definition) is 2. The van der Waals surface area contributed by atoms with Crippen molar-refractivity contribution in [1.29, 1.82) is 0 Å². The summed E-state index contributed by atoms with van der Waals surface area (Å²) in [4.78, 5) is 16.8. The van der Waals surface area contributed by atoms with Crippen molar-refractivity contribution in [2.24, 2.45) is 10.9 Å². The van der Waals surface area contributed by atoms with Gasteiger partial charge in [0.05, 0.1) is 23.9 Å². The highest BCUT2D eigenvalue weighted by atomic mass is 32.2. The van der Waals surface area contributed by atoms with Gasteiger partial charge in [-0.3, -0.25) is 10.1 Å². The molecule has 26 heavy (non-hydrogen) atoms. The molecule has 7 nitrogen and oxygen atoms in total. The van der Waals surface area contributed by atoms with Gasteiger partial charge in [-0.05, 0) is 43.0 Å². The second-order valence-electron chi connectivity index (χ2n) is 6.35. The average Bonchev–Trinajstić information content (AvgIpc) is 3.42. The zero-order valence-electron chi connectivity index (χ0n) is 14.0. The molecule has 1 fully saturated rings. The summed E-state index contributed by atoms with van der Waals surface area (Å²) in [6.45, 7) is 1.32. The first-order chi connectivity index (χ1) is 12.7. The fraction of sp³-hybridized carbons (Fsp3) is 0.444. The number of furan rings is 2. The molecule has 4 rings (SSSR count). The largest absolute Gasteiger partial charge is 0.467 e. The zero-order chi connectivity index (χ0) is 17.9. The van der Waals surface area contributed by atoms with Crippen LogP contribution >= 0.6 is 11.8 Å². The highest BCUT2D eigenvalue weighted by Gasteiger charge is 2.42. The highest BCUT2D eigenvalue weighted by Crippen LogP contribution is 2.42. The summed E-state index contributed by atoms with van der Waals surface area (Å²) in [6, 6.07) is 6.54. The van der Waals surface area contributed by atoms with Gasteiger partial charge in [0.15, 0.2) is 10.9 Å². The fourth-order valence-corrected chi connectivity index (χ4v) is 4.59. The van der Waals surface area contributed by atoms with Gasteiger partial charge < -0.3 is 18.7 Å². The number of aliphatic hydroxyl groups is 1. The molecule has 2 aliphatic heterocycles. The summed E-state index contributed by atoms with van der Waals surface area (Å²) in [6.07, 6.45) is 4.10. The molecule has 0 aliphatic carbocycles. The van der Waals surface area contributed by atoms with Gasteiger partial charge in [-0.15, -0.1) is 0 Å². The SMILES string of the molecule is O=C(NC1=NC(c2ccco2)C(C(O)C2CCOCC2)S1)c1ccco1. The van der Waals surface area contributed by atoms with Crippen molar-refractivity contribution in [3.05, 3.63) is 48.3 Å². The molecule has 4 heterocycles. The third-order valence-corrected chi connectivity index (χ3v) is 5.94. The molecule has 2 aromatic rings. The maximum atomic E-state index is 12.2. The Morgan fingerprint density at radius 1 is 1.23 bits per heavy atom. The normalized spacial score (nSPS) is 25.0. The topological polar surface area (TPSA) is 97.2 Å². The number of rotatable bonds is 4. The third kappa shape index (κ3) is 3.58. The van der Waals surface area contributed by atoms with E-state index in [1.165, 1.54) is 18.0 Å². The second-order valence-corrected chi connectivity index (χ2v) is 7.52. The molecule has 3 atom stereocenters. The lowest BCUT2D eigenvalue weighted by Gasteiger charge is -2.31. The molecule has 2 N–H and O–H groups in total. The predicted molar refractivity (Wildman–Crippen MR) is 96.0 cm³/mol. The molecular weight excluding hydrogens is 356 g/mol. The van der Waals surface area contributed by atoms with Crippen molar-refractivity contribution in [2.75, 3.05) is 13.2 Å². The number of amidine groups is 1. The number of carbonyl (C=O) groups excluding carboxylic acids is 1. The Bertz CT molecular complexity index is 753. The lowest BCUT2D eigenvalue weighted by molar-refractivity contribution is 0.00503. The first-order valence-electron chi connectivity index (χ1n) is 8.61. The van der Waals surface area contributed by atoms with Crippen molar-refractivity contribution in [3.63, 3.8) is 0 Å². The molecule has 3 unspecified atom stereocenters. The van der Waals surface area contributed by atoms with E-state index < -0.39 is 6.10 Å². The minimum atomic E-state index is -0.569. The van der Waals surface area contributed by atoms with E-state index in [0.717, 1.165) is 12.8 Å². The molecule has 1 saturated heterocycles. The summed E-state index contributed by atoms with van der Waals surface area (Å²) in [5, 5.41) is 14.0. The molecule has 0 radical (unpaired) electrons. The van der Waals surface area contributed by atoms with Crippen molar-refractivity contribution in [1.82, 2.24) is 5.32 Å². The summed E-state index contributed by atoms with van der Waals surface area (Å²) >= 11 is 1.37. The number of amides is 1. The van der Waals surface area contributed by atoms with Gasteiger partial charge in [0, 0.05) is 13.2 Å². The molecule has 8 heteroatoms. The Hall–Kier alpha value is -2.03. The van der Waals surface area contributed by atoms with E-state index in [0.29, 0.717) is 24.1 Å². The van der Waals surface area contributed by atoms with Gasteiger partial charge in [-0.25, -0.2) is 4.99 Å². The maximum Gasteiger partial charge on any atom is 0.292 e. The van der Waals surface area contributed by atoms with E-state index in [1.54, 1.807) is 24.5 Å². The zero-order valence-corrected chi connectivity index (χ0v) is 14.9. The van der Waals surface area contributed by atoms with E-state index in [2.05, 4.69) is 10.3 Å². The van der Waals surface area contributed by atoms with Gasteiger partial charge in [0.2, 0.25) is 0 Å². The Morgan fingerprint density at radius 3 is 2.69 bits per heavy atom. The highest BCUT2D eigenvalue weighted by molar-refractivity contribution is 8.14. The third-order valence-electron chi connectivity index (χ3n) is 4.70. The van der Waals surface area contributed by atoms with Crippen LogP contribution in [-0.4, -0.2) is 40.7 Å². The van der Waals surface area contributed by atoms with Crippen LogP contribution in [0.25, 0.3) is 0 Å². The fourth-order valence-electron chi connectivity index (χ4n) is 3.32. The number of aliphatic hydroxyl groups excluding tert-OH is 1. The van der Waals surface area contributed by atoms with Crippen LogP contribution in [0.1, 0.15) is 35.2 Å². The van der Waals surface area contributed by atoms with Crippen LogP contribution in [0, 0.1) is 5.92 Å². The molecule has 138 valence electrons. The van der Waals surface area contributed by atoms with Gasteiger partial charge >= 0.3 is 0 Å². The molecular formula is C18H20N2O5S. The van der Waals surface area contributed by atoms with E-state index in [9.17, 15) is 9.90 Å². The molecule has 0 spiro atoms. The molecule has 0 bridgehead atoms.